The summed E-state index contributed by atoms with van der Waals surface area (Å²) in [6.07, 6.45) is 2.11. The van der Waals surface area contributed by atoms with E-state index in [4.69, 9.17) is 0 Å². The van der Waals surface area contributed by atoms with E-state index < -0.39 is 0 Å². The fourth-order valence-electron chi connectivity index (χ4n) is 2.60. The molecular formula is C15H20N3+. The summed E-state index contributed by atoms with van der Waals surface area (Å²) in [4.78, 5) is 4.87. The summed E-state index contributed by atoms with van der Waals surface area (Å²) in [5, 5.41) is 1.30. The van der Waals surface area contributed by atoms with Gasteiger partial charge in [0.15, 0.2) is 6.20 Å². The molecule has 3 nitrogen and oxygen atoms in total. The molecule has 1 aromatic carbocycles. The first-order valence-corrected chi connectivity index (χ1v) is 6.56. The first kappa shape index (κ1) is 11.5. The molecule has 0 bridgehead atoms. The summed E-state index contributed by atoms with van der Waals surface area (Å²) in [7, 11) is 4.30. The molecule has 1 aliphatic heterocycles. The van der Waals surface area contributed by atoms with Gasteiger partial charge < -0.3 is 9.80 Å². The molecule has 0 amide bonds. The molecule has 94 valence electrons. The number of hydrogen-bond donors (Lipinski definition) is 0. The highest BCUT2D eigenvalue weighted by molar-refractivity contribution is 5.79. The highest BCUT2D eigenvalue weighted by atomic mass is 15.2. The van der Waals surface area contributed by atoms with Crippen molar-refractivity contribution >= 4 is 16.6 Å². The zero-order chi connectivity index (χ0) is 12.5. The van der Waals surface area contributed by atoms with Gasteiger partial charge in [-0.1, -0.05) is 0 Å². The number of aromatic nitrogens is 1. The summed E-state index contributed by atoms with van der Waals surface area (Å²) in [5.74, 6) is 0. The third-order valence-corrected chi connectivity index (χ3v) is 3.85. The lowest BCUT2D eigenvalue weighted by Crippen LogP contribution is -2.44. The van der Waals surface area contributed by atoms with Gasteiger partial charge in [0, 0.05) is 49.4 Å². The van der Waals surface area contributed by atoms with Crippen LogP contribution < -0.4 is 9.47 Å². The largest absolute Gasteiger partial charge is 0.369 e. The van der Waals surface area contributed by atoms with Gasteiger partial charge in [-0.25, -0.2) is 4.57 Å². The van der Waals surface area contributed by atoms with E-state index in [1.165, 1.54) is 16.6 Å². The second-order valence-corrected chi connectivity index (χ2v) is 5.15. The molecule has 0 atom stereocenters. The van der Waals surface area contributed by atoms with E-state index in [-0.39, 0.29) is 0 Å². The van der Waals surface area contributed by atoms with Crippen LogP contribution in [0.15, 0.2) is 36.5 Å². The normalized spacial score (nSPS) is 17.3. The topological polar surface area (TPSA) is 10.4 Å². The molecular weight excluding hydrogens is 222 g/mol. The lowest BCUT2D eigenvalue weighted by Gasteiger charge is -2.33. The van der Waals surface area contributed by atoms with Crippen LogP contribution in [0.25, 0.3) is 10.9 Å². The minimum absolute atomic E-state index is 1.12. The Morgan fingerprint density at radius 3 is 2.61 bits per heavy atom. The van der Waals surface area contributed by atoms with E-state index in [9.17, 15) is 0 Å². The van der Waals surface area contributed by atoms with E-state index in [0.717, 1.165) is 26.2 Å². The van der Waals surface area contributed by atoms with Gasteiger partial charge in [-0.2, -0.15) is 0 Å². The predicted octanol–water partition coefficient (Wildman–Crippen LogP) is 1.42. The van der Waals surface area contributed by atoms with Crippen molar-refractivity contribution < 1.29 is 4.57 Å². The molecule has 1 aromatic heterocycles. The molecule has 3 heteroatoms. The van der Waals surface area contributed by atoms with Gasteiger partial charge in [0.05, 0.1) is 0 Å². The number of rotatable bonds is 1. The zero-order valence-corrected chi connectivity index (χ0v) is 11.1. The summed E-state index contributed by atoms with van der Waals surface area (Å²) in [5.41, 5.74) is 2.64. The van der Waals surface area contributed by atoms with Crippen LogP contribution in [0.4, 0.5) is 5.69 Å². The van der Waals surface area contributed by atoms with Crippen molar-refractivity contribution in [1.82, 2.24) is 4.90 Å². The number of benzene rings is 1. The zero-order valence-electron chi connectivity index (χ0n) is 11.1. The van der Waals surface area contributed by atoms with E-state index in [2.05, 4.69) is 65.0 Å². The van der Waals surface area contributed by atoms with Crippen LogP contribution in [0.5, 0.6) is 0 Å². The highest BCUT2D eigenvalue weighted by Crippen LogP contribution is 2.20. The van der Waals surface area contributed by atoms with Gasteiger partial charge in [0.25, 0.3) is 0 Å². The molecule has 1 saturated heterocycles. The second-order valence-electron chi connectivity index (χ2n) is 5.15. The summed E-state index contributed by atoms with van der Waals surface area (Å²) >= 11 is 0. The Kier molecular flexibility index (Phi) is 2.92. The maximum absolute atomic E-state index is 2.48. The number of hydrogen-bond acceptors (Lipinski definition) is 2. The Morgan fingerprint density at radius 2 is 1.83 bits per heavy atom. The molecule has 2 aromatic rings. The first-order chi connectivity index (χ1) is 8.74. The average molecular weight is 242 g/mol. The standard InChI is InChI=1S/C15H20N3/c1-16-8-10-18(11-9-16)14-6-5-13-4-3-7-17(2)15(13)12-14/h3-7,12H,8-11H2,1-2H3/q+1. The molecule has 0 spiro atoms. The van der Waals surface area contributed by atoms with Gasteiger partial charge in [-0.15, -0.1) is 0 Å². The van der Waals surface area contributed by atoms with Gasteiger partial charge in [0.1, 0.15) is 7.05 Å². The Morgan fingerprint density at radius 1 is 1.06 bits per heavy atom. The van der Waals surface area contributed by atoms with E-state index in [0.29, 0.717) is 0 Å². The van der Waals surface area contributed by atoms with E-state index in [1.807, 2.05) is 0 Å². The molecule has 1 aliphatic rings. The Balaban J connectivity index is 1.95. The number of anilines is 1. The second kappa shape index (κ2) is 4.58. The number of piperazine rings is 1. The van der Waals surface area contributed by atoms with Crippen LogP contribution in [0, 0.1) is 0 Å². The van der Waals surface area contributed by atoms with Crippen molar-refractivity contribution in [1.29, 1.82) is 0 Å². The van der Waals surface area contributed by atoms with Crippen LogP contribution in [0.1, 0.15) is 0 Å². The van der Waals surface area contributed by atoms with E-state index >= 15 is 0 Å². The fourth-order valence-corrected chi connectivity index (χ4v) is 2.60. The quantitative estimate of drug-likeness (QED) is 0.700. The monoisotopic (exact) mass is 242 g/mol. The van der Waals surface area contributed by atoms with Crippen LogP contribution in [0.3, 0.4) is 0 Å². The van der Waals surface area contributed by atoms with Gasteiger partial charge in [-0.05, 0) is 25.2 Å². The maximum atomic E-state index is 2.48. The summed E-state index contributed by atoms with van der Waals surface area (Å²) < 4.78 is 2.19. The minimum Gasteiger partial charge on any atom is -0.369 e. The van der Waals surface area contributed by atoms with Crippen molar-refractivity contribution in [3.05, 3.63) is 36.5 Å². The third-order valence-electron chi connectivity index (χ3n) is 3.85. The minimum atomic E-state index is 1.12. The molecule has 0 N–H and O–H groups in total. The van der Waals surface area contributed by atoms with Crippen LogP contribution >= 0.6 is 0 Å². The maximum Gasteiger partial charge on any atom is 0.214 e. The lowest BCUT2D eigenvalue weighted by atomic mass is 10.1. The summed E-state index contributed by atoms with van der Waals surface area (Å²) in [6, 6.07) is 11.0. The molecule has 0 radical (unpaired) electrons. The Bertz CT molecular complexity index is 557. The fraction of sp³-hybridized carbons (Fsp3) is 0.400. The number of likely N-dealkylation sites (N-methyl/N-ethyl adjacent to an activating group) is 1. The molecule has 0 saturated carbocycles. The number of fused-ring (bicyclic) bond motifs is 1. The predicted molar refractivity (Wildman–Crippen MR) is 74.8 cm³/mol. The molecule has 1 fully saturated rings. The molecule has 0 aliphatic carbocycles. The summed E-state index contributed by atoms with van der Waals surface area (Å²) in [6.45, 7) is 4.55. The number of nitrogens with zero attached hydrogens (tertiary/aromatic N) is 3. The lowest BCUT2D eigenvalue weighted by molar-refractivity contribution is -0.644. The Hall–Kier alpha value is -1.61. The van der Waals surface area contributed by atoms with Crippen molar-refractivity contribution in [3.63, 3.8) is 0 Å². The van der Waals surface area contributed by atoms with Crippen LogP contribution in [-0.4, -0.2) is 38.1 Å². The van der Waals surface area contributed by atoms with Crippen LogP contribution in [0.2, 0.25) is 0 Å². The average Bonchev–Trinajstić information content (AvgIpc) is 2.40. The molecule has 0 unspecified atom stereocenters. The smallest absolute Gasteiger partial charge is 0.214 e. The molecule has 18 heavy (non-hydrogen) atoms. The molecule has 3 rings (SSSR count). The van der Waals surface area contributed by atoms with Crippen molar-refractivity contribution in [3.8, 4) is 0 Å². The van der Waals surface area contributed by atoms with Crippen molar-refractivity contribution in [2.75, 3.05) is 38.1 Å². The molecule has 2 heterocycles. The van der Waals surface area contributed by atoms with Crippen molar-refractivity contribution in [2.24, 2.45) is 7.05 Å². The third kappa shape index (κ3) is 2.06. The van der Waals surface area contributed by atoms with Crippen LogP contribution in [-0.2, 0) is 7.05 Å². The van der Waals surface area contributed by atoms with Crippen molar-refractivity contribution in [2.45, 2.75) is 0 Å². The number of pyridine rings is 1. The SMILES string of the molecule is CN1CCN(c2ccc3ccc[n+](C)c3c2)CC1. The van der Waals surface area contributed by atoms with Gasteiger partial charge >= 0.3 is 0 Å². The van der Waals surface area contributed by atoms with Gasteiger partial charge in [0.2, 0.25) is 5.52 Å². The van der Waals surface area contributed by atoms with Gasteiger partial charge in [-0.3, -0.25) is 0 Å². The first-order valence-electron chi connectivity index (χ1n) is 6.56. The Labute approximate surface area is 108 Å². The highest BCUT2D eigenvalue weighted by Gasteiger charge is 2.15. The van der Waals surface area contributed by atoms with E-state index in [1.54, 1.807) is 0 Å². The number of aryl methyl sites for hydroxylation is 1.